The van der Waals surface area contributed by atoms with Gasteiger partial charge in [-0.3, -0.25) is 0 Å². The minimum Gasteiger partial charge on any atom is -0.244 e. The van der Waals surface area contributed by atoms with Crippen molar-refractivity contribution in [3.63, 3.8) is 0 Å². The lowest BCUT2D eigenvalue weighted by Gasteiger charge is -2.11. The van der Waals surface area contributed by atoms with Gasteiger partial charge in [0.1, 0.15) is 5.15 Å². The number of pyridine rings is 1. The van der Waals surface area contributed by atoms with Crippen LogP contribution < -0.4 is 0 Å². The zero-order valence-electron chi connectivity index (χ0n) is 6.82. The summed E-state index contributed by atoms with van der Waals surface area (Å²) in [4.78, 5) is 3.40. The van der Waals surface area contributed by atoms with Crippen LogP contribution in [0.1, 0.15) is 18.1 Å². The topological polar surface area (TPSA) is 12.9 Å². The third-order valence-corrected chi connectivity index (χ3v) is 1.94. The van der Waals surface area contributed by atoms with E-state index >= 15 is 0 Å². The smallest absolute Gasteiger partial charge is 0.244 e. The average molecular weight is 210 g/mol. The molecule has 0 N–H and O–H groups in total. The number of nitrogens with zero attached hydrogens (tertiary/aromatic N) is 1. The van der Waals surface area contributed by atoms with Crippen molar-refractivity contribution in [2.24, 2.45) is 0 Å². The second-order valence-electron chi connectivity index (χ2n) is 2.49. The van der Waals surface area contributed by atoms with Crippen LogP contribution in [0.3, 0.4) is 0 Å². The van der Waals surface area contributed by atoms with E-state index in [0.29, 0.717) is 0 Å². The summed E-state index contributed by atoms with van der Waals surface area (Å²) in [5, 5.41) is -0.480. The first-order chi connectivity index (χ1) is 5.96. The van der Waals surface area contributed by atoms with E-state index in [2.05, 4.69) is 4.98 Å². The molecular formula is C8H7ClF3N. The van der Waals surface area contributed by atoms with Gasteiger partial charge in [0.05, 0.1) is 5.56 Å². The van der Waals surface area contributed by atoms with E-state index in [4.69, 9.17) is 11.6 Å². The first-order valence-electron chi connectivity index (χ1n) is 3.67. The summed E-state index contributed by atoms with van der Waals surface area (Å²) in [7, 11) is 0. The summed E-state index contributed by atoms with van der Waals surface area (Å²) in [6.07, 6.45) is -2.86. The summed E-state index contributed by atoms with van der Waals surface area (Å²) < 4.78 is 37.1. The van der Waals surface area contributed by atoms with Crippen molar-refractivity contribution in [2.45, 2.75) is 19.5 Å². The molecule has 0 fully saturated rings. The summed E-state index contributed by atoms with van der Waals surface area (Å²) >= 11 is 5.36. The van der Waals surface area contributed by atoms with E-state index in [-0.39, 0.29) is 12.0 Å². The van der Waals surface area contributed by atoms with Crippen LogP contribution in [-0.4, -0.2) is 4.98 Å². The highest BCUT2D eigenvalue weighted by atomic mass is 35.5. The van der Waals surface area contributed by atoms with Crippen molar-refractivity contribution in [2.75, 3.05) is 0 Å². The highest BCUT2D eigenvalue weighted by Crippen LogP contribution is 2.36. The van der Waals surface area contributed by atoms with Crippen molar-refractivity contribution in [1.29, 1.82) is 0 Å². The van der Waals surface area contributed by atoms with Gasteiger partial charge in [-0.05, 0) is 18.1 Å². The Hall–Kier alpha value is -0.770. The maximum absolute atomic E-state index is 12.4. The molecule has 1 heterocycles. The maximum Gasteiger partial charge on any atom is 0.419 e. The molecule has 72 valence electrons. The first kappa shape index (κ1) is 10.3. The zero-order chi connectivity index (χ0) is 10.1. The minimum absolute atomic E-state index is 0.174. The van der Waals surface area contributed by atoms with E-state index in [1.807, 2.05) is 0 Å². The fourth-order valence-corrected chi connectivity index (χ4v) is 1.35. The SMILES string of the molecule is CCc1ccnc(Cl)c1C(F)(F)F. The highest BCUT2D eigenvalue weighted by Gasteiger charge is 2.36. The van der Waals surface area contributed by atoms with Gasteiger partial charge < -0.3 is 0 Å². The van der Waals surface area contributed by atoms with Gasteiger partial charge in [0.25, 0.3) is 0 Å². The molecule has 0 spiro atoms. The van der Waals surface area contributed by atoms with Crippen LogP contribution in [0.2, 0.25) is 5.15 Å². The van der Waals surface area contributed by atoms with Crippen LogP contribution in [0.5, 0.6) is 0 Å². The quantitative estimate of drug-likeness (QED) is 0.647. The molecule has 0 amide bonds. The number of hydrogen-bond acceptors (Lipinski definition) is 1. The normalized spacial score (nSPS) is 11.8. The summed E-state index contributed by atoms with van der Waals surface area (Å²) in [6.45, 7) is 1.64. The first-order valence-corrected chi connectivity index (χ1v) is 4.05. The van der Waals surface area contributed by atoms with Gasteiger partial charge >= 0.3 is 6.18 Å². The number of aryl methyl sites for hydroxylation is 1. The molecule has 0 radical (unpaired) electrons. The van der Waals surface area contributed by atoms with Gasteiger partial charge in [0, 0.05) is 6.20 Å². The lowest BCUT2D eigenvalue weighted by Crippen LogP contribution is -2.10. The molecule has 0 saturated heterocycles. The maximum atomic E-state index is 12.4. The van der Waals surface area contributed by atoms with Gasteiger partial charge in [-0.25, -0.2) is 4.98 Å². The van der Waals surface area contributed by atoms with Crippen molar-refractivity contribution < 1.29 is 13.2 Å². The molecule has 5 heteroatoms. The van der Waals surface area contributed by atoms with Gasteiger partial charge in [0.15, 0.2) is 0 Å². The summed E-state index contributed by atoms with van der Waals surface area (Å²) in [6, 6.07) is 1.33. The largest absolute Gasteiger partial charge is 0.419 e. The van der Waals surface area contributed by atoms with E-state index in [9.17, 15) is 13.2 Å². The van der Waals surface area contributed by atoms with Crippen LogP contribution in [0, 0.1) is 0 Å². The fraction of sp³-hybridized carbons (Fsp3) is 0.375. The molecule has 0 aliphatic carbocycles. The summed E-state index contributed by atoms with van der Waals surface area (Å²) in [5.41, 5.74) is -0.647. The second kappa shape index (κ2) is 3.54. The Morgan fingerprint density at radius 3 is 2.46 bits per heavy atom. The standard InChI is InChI=1S/C8H7ClF3N/c1-2-5-3-4-13-7(9)6(5)8(10,11)12/h3-4H,2H2,1H3. The van der Waals surface area contributed by atoms with Crippen LogP contribution in [0.25, 0.3) is 0 Å². The van der Waals surface area contributed by atoms with Gasteiger partial charge in [0.2, 0.25) is 0 Å². The summed E-state index contributed by atoms with van der Waals surface area (Å²) in [5.74, 6) is 0. The average Bonchev–Trinajstić information content (AvgIpc) is 2.01. The van der Waals surface area contributed by atoms with E-state index < -0.39 is 16.9 Å². The molecule has 0 aromatic carbocycles. The molecule has 0 atom stereocenters. The Balaban J connectivity index is 3.32. The van der Waals surface area contributed by atoms with Crippen molar-refractivity contribution in [3.8, 4) is 0 Å². The second-order valence-corrected chi connectivity index (χ2v) is 2.85. The van der Waals surface area contributed by atoms with Crippen molar-refractivity contribution in [3.05, 3.63) is 28.5 Å². The molecular weight excluding hydrogens is 203 g/mol. The zero-order valence-corrected chi connectivity index (χ0v) is 7.58. The Morgan fingerprint density at radius 1 is 1.46 bits per heavy atom. The van der Waals surface area contributed by atoms with E-state index in [0.717, 1.165) is 0 Å². The Morgan fingerprint density at radius 2 is 2.08 bits per heavy atom. The molecule has 1 aromatic heterocycles. The number of aromatic nitrogens is 1. The van der Waals surface area contributed by atoms with E-state index in [1.165, 1.54) is 12.3 Å². The van der Waals surface area contributed by atoms with Crippen molar-refractivity contribution in [1.82, 2.24) is 4.98 Å². The number of hydrogen-bond donors (Lipinski definition) is 0. The third kappa shape index (κ3) is 2.12. The van der Waals surface area contributed by atoms with Crippen molar-refractivity contribution >= 4 is 11.6 Å². The molecule has 0 aliphatic heterocycles. The van der Waals surface area contributed by atoms with Crippen LogP contribution >= 0.6 is 11.6 Å². The Kier molecular flexibility index (Phi) is 2.81. The monoisotopic (exact) mass is 209 g/mol. The van der Waals surface area contributed by atoms with Crippen LogP contribution in [0.4, 0.5) is 13.2 Å². The predicted octanol–water partition coefficient (Wildman–Crippen LogP) is 3.32. The lowest BCUT2D eigenvalue weighted by atomic mass is 10.1. The van der Waals surface area contributed by atoms with Crippen LogP contribution in [-0.2, 0) is 12.6 Å². The van der Waals surface area contributed by atoms with Gasteiger partial charge in [-0.15, -0.1) is 0 Å². The molecule has 0 aliphatic rings. The molecule has 0 saturated carbocycles. The minimum atomic E-state index is -4.42. The fourth-order valence-electron chi connectivity index (χ4n) is 1.07. The van der Waals surface area contributed by atoms with E-state index in [1.54, 1.807) is 6.92 Å². The molecule has 0 bridgehead atoms. The molecule has 1 nitrogen and oxygen atoms in total. The number of halogens is 4. The lowest BCUT2D eigenvalue weighted by molar-refractivity contribution is -0.138. The third-order valence-electron chi connectivity index (χ3n) is 1.66. The molecule has 0 unspecified atom stereocenters. The molecule has 1 aromatic rings. The molecule has 1 rings (SSSR count). The Bertz CT molecular complexity index is 309. The Labute approximate surface area is 78.5 Å². The van der Waals surface area contributed by atoms with Crippen LogP contribution in [0.15, 0.2) is 12.3 Å². The number of alkyl halides is 3. The number of rotatable bonds is 1. The highest BCUT2D eigenvalue weighted by molar-refractivity contribution is 6.30. The predicted molar refractivity (Wildman–Crippen MR) is 43.6 cm³/mol. The van der Waals surface area contributed by atoms with Gasteiger partial charge in [-0.2, -0.15) is 13.2 Å². The van der Waals surface area contributed by atoms with Gasteiger partial charge in [-0.1, -0.05) is 18.5 Å². The molecule has 13 heavy (non-hydrogen) atoms.